The Morgan fingerprint density at radius 2 is 1.83 bits per heavy atom. The van der Waals surface area contributed by atoms with Crippen molar-refractivity contribution in [1.82, 2.24) is 9.88 Å². The number of halogens is 3. The van der Waals surface area contributed by atoms with E-state index in [9.17, 15) is 13.2 Å². The molecule has 6 rings (SSSR count). The quantitative estimate of drug-likeness (QED) is 0.169. The Balaban J connectivity index is 0.000000185. The van der Waals surface area contributed by atoms with Crippen LogP contribution in [0.25, 0.3) is 27.7 Å². The molecule has 0 N–H and O–H groups in total. The minimum atomic E-state index is -1.27. The fourth-order valence-electron chi connectivity index (χ4n) is 4.25. The zero-order chi connectivity index (χ0) is 24.4. The van der Waals surface area contributed by atoms with Crippen LogP contribution in [0, 0.1) is 36.5 Å². The van der Waals surface area contributed by atoms with Gasteiger partial charge in [-0.3, -0.25) is 8.78 Å². The van der Waals surface area contributed by atoms with E-state index >= 15 is 0 Å². The topological polar surface area (TPSA) is 30.2 Å². The van der Waals surface area contributed by atoms with Gasteiger partial charge in [-0.25, -0.2) is 4.39 Å². The molecule has 3 aromatic carbocycles. The van der Waals surface area contributed by atoms with E-state index in [1.54, 1.807) is 12.3 Å². The number of hydrogen-bond acceptors (Lipinski definition) is 2. The fourth-order valence-corrected chi connectivity index (χ4v) is 4.25. The SMILES string of the molecule is Cc1cnc(-c2[c-]c(F)c(F)cc2F)cc1-c1ccccc1.[Ir+3].[c-]1cccc2c1C1[N-]C=CN1CC2. The van der Waals surface area contributed by atoms with E-state index in [1.807, 2.05) is 49.5 Å². The van der Waals surface area contributed by atoms with Crippen molar-refractivity contribution in [3.63, 3.8) is 0 Å². The van der Waals surface area contributed by atoms with Gasteiger partial charge in [0.2, 0.25) is 0 Å². The van der Waals surface area contributed by atoms with Crippen molar-refractivity contribution in [2.24, 2.45) is 0 Å². The van der Waals surface area contributed by atoms with Gasteiger partial charge in [0.1, 0.15) is 0 Å². The van der Waals surface area contributed by atoms with Crippen molar-refractivity contribution in [2.45, 2.75) is 19.5 Å². The van der Waals surface area contributed by atoms with E-state index in [2.05, 4.69) is 45.7 Å². The number of hydrogen-bond donors (Lipinski definition) is 0. The van der Waals surface area contributed by atoms with Crippen LogP contribution >= 0.6 is 0 Å². The molecule has 0 bridgehead atoms. The smallest absolute Gasteiger partial charge is 0.668 e. The zero-order valence-electron chi connectivity index (χ0n) is 19.3. The average molecular weight is 661 g/mol. The summed E-state index contributed by atoms with van der Waals surface area (Å²) in [5, 5.41) is 4.41. The Kier molecular flexibility index (Phi) is 7.92. The van der Waals surface area contributed by atoms with Gasteiger partial charge in [-0.05, 0) is 41.7 Å². The number of aromatic nitrogens is 1. The first-order valence-corrected chi connectivity index (χ1v) is 11.2. The average Bonchev–Trinajstić information content (AvgIpc) is 3.37. The van der Waals surface area contributed by atoms with E-state index in [-0.39, 0.29) is 37.5 Å². The van der Waals surface area contributed by atoms with Crippen molar-refractivity contribution >= 4 is 0 Å². The molecule has 0 fully saturated rings. The summed E-state index contributed by atoms with van der Waals surface area (Å²) in [4.78, 5) is 6.37. The van der Waals surface area contributed by atoms with Gasteiger partial charge in [0.25, 0.3) is 0 Å². The summed E-state index contributed by atoms with van der Waals surface area (Å²) in [6.45, 7) is 2.96. The van der Waals surface area contributed by atoms with Gasteiger partial charge in [-0.15, -0.1) is 0 Å². The summed E-state index contributed by atoms with van der Waals surface area (Å²) in [7, 11) is 0. The number of nitrogens with zero attached hydrogens (tertiary/aromatic N) is 3. The van der Waals surface area contributed by atoms with E-state index in [0.717, 1.165) is 29.7 Å². The van der Waals surface area contributed by atoms with Crippen LogP contribution in [0.15, 0.2) is 79.3 Å². The number of aryl methyl sites for hydroxylation is 1. The molecule has 3 heterocycles. The molecule has 7 heteroatoms. The van der Waals surface area contributed by atoms with Crippen LogP contribution in [0.3, 0.4) is 0 Å². The molecular formula is C29H21F3IrN3. The third kappa shape index (κ3) is 5.23. The molecule has 1 unspecified atom stereocenters. The van der Waals surface area contributed by atoms with Crippen LogP contribution in [-0.2, 0) is 26.5 Å². The number of pyridine rings is 1. The van der Waals surface area contributed by atoms with Crippen molar-refractivity contribution in [2.75, 3.05) is 6.54 Å². The first kappa shape index (κ1) is 25.7. The largest absolute Gasteiger partial charge is 3.00 e. The summed E-state index contributed by atoms with van der Waals surface area (Å²) in [5.74, 6) is -3.38. The van der Waals surface area contributed by atoms with Gasteiger partial charge in [0, 0.05) is 18.6 Å². The summed E-state index contributed by atoms with van der Waals surface area (Å²) in [5.41, 5.74) is 5.36. The van der Waals surface area contributed by atoms with Gasteiger partial charge in [-0.2, -0.15) is 41.6 Å². The molecule has 2 aliphatic heterocycles. The van der Waals surface area contributed by atoms with Gasteiger partial charge in [-0.1, -0.05) is 60.5 Å². The van der Waals surface area contributed by atoms with Gasteiger partial charge in [0.05, 0.1) is 11.6 Å². The molecule has 4 aromatic rings. The zero-order valence-corrected chi connectivity index (χ0v) is 21.7. The Hall–Kier alpha value is -3.41. The second-order valence-electron chi connectivity index (χ2n) is 8.32. The molecule has 0 radical (unpaired) electrons. The number of benzene rings is 3. The normalized spacial score (nSPS) is 15.1. The van der Waals surface area contributed by atoms with E-state index in [4.69, 9.17) is 0 Å². The molecule has 36 heavy (non-hydrogen) atoms. The molecule has 182 valence electrons. The standard InChI is InChI=1S/C18H11F3N.C11H10N2.Ir/c1-11-10-22-18(8-13(11)12-5-3-2-4-6-12)14-7-16(20)17(21)9-15(14)19;1-2-4-10-9(3-1)5-7-13-8-6-12-11(10)13;/h2-6,8-10H,1H3;1-3,6,8,11H,5,7H2;/q-1;-2;+3. The summed E-state index contributed by atoms with van der Waals surface area (Å²) < 4.78 is 40.2. The predicted molar refractivity (Wildman–Crippen MR) is 129 cm³/mol. The summed E-state index contributed by atoms with van der Waals surface area (Å²) in [6, 6.07) is 23.2. The Bertz CT molecular complexity index is 1390. The molecule has 0 aliphatic carbocycles. The van der Waals surface area contributed by atoms with Gasteiger partial charge >= 0.3 is 20.1 Å². The van der Waals surface area contributed by atoms with Crippen molar-refractivity contribution < 1.29 is 33.3 Å². The summed E-state index contributed by atoms with van der Waals surface area (Å²) >= 11 is 0. The maximum atomic E-state index is 13.9. The molecule has 0 spiro atoms. The number of rotatable bonds is 2. The van der Waals surface area contributed by atoms with Crippen LogP contribution in [0.4, 0.5) is 13.2 Å². The third-order valence-corrected chi connectivity index (χ3v) is 6.06. The molecule has 2 aliphatic rings. The molecule has 1 atom stereocenters. The second-order valence-corrected chi connectivity index (χ2v) is 8.32. The first-order valence-electron chi connectivity index (χ1n) is 11.2. The third-order valence-electron chi connectivity index (χ3n) is 6.06. The van der Waals surface area contributed by atoms with Crippen LogP contribution in [0.5, 0.6) is 0 Å². The second kappa shape index (κ2) is 11.1. The monoisotopic (exact) mass is 661 g/mol. The number of fused-ring (bicyclic) bond motifs is 3. The Labute approximate surface area is 222 Å². The molecule has 0 saturated heterocycles. The molecule has 1 aromatic heterocycles. The van der Waals surface area contributed by atoms with E-state index in [0.29, 0.717) is 6.07 Å². The van der Waals surface area contributed by atoms with Gasteiger partial charge < -0.3 is 15.2 Å². The maximum Gasteiger partial charge on any atom is 3.00 e. The minimum Gasteiger partial charge on any atom is -0.668 e. The van der Waals surface area contributed by atoms with Crippen LogP contribution in [-0.4, -0.2) is 16.4 Å². The first-order chi connectivity index (χ1) is 17.0. The Morgan fingerprint density at radius 3 is 2.64 bits per heavy atom. The van der Waals surface area contributed by atoms with Crippen LogP contribution in [0.1, 0.15) is 22.9 Å². The van der Waals surface area contributed by atoms with Crippen molar-refractivity contribution in [1.29, 1.82) is 0 Å². The minimum absolute atomic E-state index is 0. The van der Waals surface area contributed by atoms with Crippen LogP contribution < -0.4 is 0 Å². The van der Waals surface area contributed by atoms with E-state index in [1.165, 1.54) is 11.1 Å². The molecular weight excluding hydrogens is 640 g/mol. The molecule has 0 saturated carbocycles. The van der Waals surface area contributed by atoms with Crippen LogP contribution in [0.2, 0.25) is 0 Å². The predicted octanol–water partition coefficient (Wildman–Crippen LogP) is 7.14. The maximum absolute atomic E-state index is 13.9. The van der Waals surface area contributed by atoms with Gasteiger partial charge in [0.15, 0.2) is 0 Å². The van der Waals surface area contributed by atoms with Crippen molar-refractivity contribution in [3.8, 4) is 22.4 Å². The Morgan fingerprint density at radius 1 is 1.03 bits per heavy atom. The van der Waals surface area contributed by atoms with Crippen molar-refractivity contribution in [3.05, 3.63) is 131 Å². The fraction of sp³-hybridized carbons (Fsp3) is 0.138. The molecule has 0 amide bonds. The summed E-state index contributed by atoms with van der Waals surface area (Å²) in [6.07, 6.45) is 6.86. The molecule has 3 nitrogen and oxygen atoms in total. The van der Waals surface area contributed by atoms with E-state index < -0.39 is 17.5 Å².